The van der Waals surface area contributed by atoms with E-state index in [-0.39, 0.29) is 6.10 Å². The molecule has 1 aromatic carbocycles. The molecule has 0 aliphatic heterocycles. The molecule has 0 radical (unpaired) electrons. The van der Waals surface area contributed by atoms with Gasteiger partial charge in [-0.25, -0.2) is 0 Å². The molecule has 2 atom stereocenters. The van der Waals surface area contributed by atoms with E-state index in [1.165, 1.54) is 5.56 Å². The highest BCUT2D eigenvalue weighted by atomic mass is 16.5. The molecule has 0 aliphatic rings. The highest BCUT2D eigenvalue weighted by Crippen LogP contribution is 2.13. The van der Waals surface area contributed by atoms with Crippen molar-refractivity contribution in [3.63, 3.8) is 0 Å². The van der Waals surface area contributed by atoms with Crippen LogP contribution in [0.15, 0.2) is 24.3 Å². The van der Waals surface area contributed by atoms with Gasteiger partial charge in [-0.2, -0.15) is 0 Å². The van der Waals surface area contributed by atoms with Crippen molar-refractivity contribution in [3.8, 4) is 5.75 Å². The first-order chi connectivity index (χ1) is 7.61. The summed E-state index contributed by atoms with van der Waals surface area (Å²) in [6.07, 6.45) is 1.36. The Morgan fingerprint density at radius 1 is 1.19 bits per heavy atom. The van der Waals surface area contributed by atoms with Crippen molar-refractivity contribution < 1.29 is 4.74 Å². The fourth-order valence-electron chi connectivity index (χ4n) is 1.40. The van der Waals surface area contributed by atoms with Crippen molar-refractivity contribution in [2.75, 3.05) is 6.54 Å². The van der Waals surface area contributed by atoms with Gasteiger partial charge in [0.15, 0.2) is 0 Å². The van der Waals surface area contributed by atoms with Crippen LogP contribution in [0.2, 0.25) is 0 Å². The van der Waals surface area contributed by atoms with Crippen molar-refractivity contribution in [1.82, 2.24) is 5.32 Å². The summed E-state index contributed by atoms with van der Waals surface area (Å²) in [4.78, 5) is 0. The average molecular weight is 221 g/mol. The molecule has 0 saturated heterocycles. The molecular weight excluding hydrogens is 198 g/mol. The SMILES string of the molecule is CCC(C)NCC(C)Oc1ccc(C)cc1. The van der Waals surface area contributed by atoms with Crippen molar-refractivity contribution >= 4 is 0 Å². The Kier molecular flexibility index (Phi) is 5.33. The Labute approximate surface area is 99.0 Å². The number of hydrogen-bond acceptors (Lipinski definition) is 2. The minimum absolute atomic E-state index is 0.205. The lowest BCUT2D eigenvalue weighted by Crippen LogP contribution is -2.34. The predicted molar refractivity (Wildman–Crippen MR) is 69.0 cm³/mol. The van der Waals surface area contributed by atoms with Crippen LogP contribution in [0.25, 0.3) is 0 Å². The zero-order valence-electron chi connectivity index (χ0n) is 10.8. The minimum atomic E-state index is 0.205. The van der Waals surface area contributed by atoms with Gasteiger partial charge in [-0.3, -0.25) is 0 Å². The van der Waals surface area contributed by atoms with Gasteiger partial charge in [0.25, 0.3) is 0 Å². The van der Waals surface area contributed by atoms with Crippen LogP contribution in [0, 0.1) is 6.92 Å². The number of nitrogens with one attached hydrogen (secondary N) is 1. The van der Waals surface area contributed by atoms with E-state index >= 15 is 0 Å². The van der Waals surface area contributed by atoms with E-state index in [0.717, 1.165) is 18.7 Å². The third-order valence-corrected chi connectivity index (χ3v) is 2.72. The van der Waals surface area contributed by atoms with E-state index in [1.807, 2.05) is 12.1 Å². The van der Waals surface area contributed by atoms with Gasteiger partial charge < -0.3 is 10.1 Å². The molecule has 90 valence electrons. The van der Waals surface area contributed by atoms with Crippen molar-refractivity contribution in [3.05, 3.63) is 29.8 Å². The van der Waals surface area contributed by atoms with Crippen LogP contribution >= 0.6 is 0 Å². The monoisotopic (exact) mass is 221 g/mol. The Hall–Kier alpha value is -1.02. The molecule has 1 N–H and O–H groups in total. The molecule has 2 nitrogen and oxygen atoms in total. The van der Waals surface area contributed by atoms with E-state index < -0.39 is 0 Å². The standard InChI is InChI=1S/C14H23NO/c1-5-12(3)15-10-13(4)16-14-8-6-11(2)7-9-14/h6-9,12-13,15H,5,10H2,1-4H3. The summed E-state index contributed by atoms with van der Waals surface area (Å²) in [5.41, 5.74) is 1.26. The molecule has 0 aromatic heterocycles. The maximum absolute atomic E-state index is 5.80. The van der Waals surface area contributed by atoms with Crippen LogP contribution in [0.3, 0.4) is 0 Å². The number of aryl methyl sites for hydroxylation is 1. The summed E-state index contributed by atoms with van der Waals surface area (Å²) in [6, 6.07) is 8.75. The first-order valence-corrected chi connectivity index (χ1v) is 6.08. The van der Waals surface area contributed by atoms with Gasteiger partial charge in [-0.15, -0.1) is 0 Å². The van der Waals surface area contributed by atoms with Crippen LogP contribution < -0.4 is 10.1 Å². The topological polar surface area (TPSA) is 21.3 Å². The zero-order chi connectivity index (χ0) is 12.0. The summed E-state index contributed by atoms with van der Waals surface area (Å²) in [6.45, 7) is 9.44. The van der Waals surface area contributed by atoms with Crippen molar-refractivity contribution in [2.24, 2.45) is 0 Å². The molecule has 0 bridgehead atoms. The number of rotatable bonds is 6. The molecule has 0 fully saturated rings. The van der Waals surface area contributed by atoms with E-state index in [1.54, 1.807) is 0 Å². The van der Waals surface area contributed by atoms with Crippen LogP contribution in [0.4, 0.5) is 0 Å². The molecule has 0 heterocycles. The molecule has 0 amide bonds. The Bertz CT molecular complexity index is 294. The van der Waals surface area contributed by atoms with Crippen molar-refractivity contribution in [2.45, 2.75) is 46.3 Å². The molecule has 0 aliphatic carbocycles. The fourth-order valence-corrected chi connectivity index (χ4v) is 1.40. The molecule has 0 spiro atoms. The summed E-state index contributed by atoms with van der Waals surface area (Å²) in [5.74, 6) is 0.948. The lowest BCUT2D eigenvalue weighted by Gasteiger charge is -2.18. The third kappa shape index (κ3) is 4.67. The lowest BCUT2D eigenvalue weighted by molar-refractivity contribution is 0.212. The first kappa shape index (κ1) is 13.0. The van der Waals surface area contributed by atoms with E-state index in [4.69, 9.17) is 4.74 Å². The van der Waals surface area contributed by atoms with Crippen molar-refractivity contribution in [1.29, 1.82) is 0 Å². The van der Waals surface area contributed by atoms with Crippen LogP contribution in [-0.4, -0.2) is 18.7 Å². The zero-order valence-corrected chi connectivity index (χ0v) is 10.8. The smallest absolute Gasteiger partial charge is 0.119 e. The summed E-state index contributed by atoms with van der Waals surface area (Å²) >= 11 is 0. The van der Waals surface area contributed by atoms with Crippen LogP contribution in [0.5, 0.6) is 5.75 Å². The highest BCUT2D eigenvalue weighted by Gasteiger charge is 2.05. The number of ether oxygens (including phenoxy) is 1. The summed E-state index contributed by atoms with van der Waals surface area (Å²) < 4.78 is 5.80. The second kappa shape index (κ2) is 6.54. The minimum Gasteiger partial charge on any atom is -0.489 e. The largest absolute Gasteiger partial charge is 0.489 e. The number of hydrogen-bond donors (Lipinski definition) is 1. The normalized spacial score (nSPS) is 14.5. The molecule has 1 aromatic rings. The van der Waals surface area contributed by atoms with Gasteiger partial charge >= 0.3 is 0 Å². The number of benzene rings is 1. The third-order valence-electron chi connectivity index (χ3n) is 2.72. The highest BCUT2D eigenvalue weighted by molar-refractivity contribution is 5.26. The maximum Gasteiger partial charge on any atom is 0.119 e. The quantitative estimate of drug-likeness (QED) is 0.796. The van der Waals surface area contributed by atoms with Gasteiger partial charge in [0.05, 0.1) is 0 Å². The molecule has 2 unspecified atom stereocenters. The summed E-state index contributed by atoms with van der Waals surface area (Å²) in [5, 5.41) is 3.44. The molecule has 0 saturated carbocycles. The first-order valence-electron chi connectivity index (χ1n) is 6.08. The predicted octanol–water partition coefficient (Wildman–Crippen LogP) is 3.15. The van der Waals surface area contributed by atoms with E-state index in [2.05, 4.69) is 45.1 Å². The molecule has 16 heavy (non-hydrogen) atoms. The van der Waals surface area contributed by atoms with E-state index in [0.29, 0.717) is 6.04 Å². The Morgan fingerprint density at radius 2 is 1.81 bits per heavy atom. The Balaban J connectivity index is 2.33. The maximum atomic E-state index is 5.80. The lowest BCUT2D eigenvalue weighted by atomic mass is 10.2. The van der Waals surface area contributed by atoms with Gasteiger partial charge in [-0.05, 0) is 39.3 Å². The second-order valence-electron chi connectivity index (χ2n) is 4.46. The summed E-state index contributed by atoms with van der Waals surface area (Å²) in [7, 11) is 0. The molecule has 2 heteroatoms. The van der Waals surface area contributed by atoms with Crippen LogP contribution in [-0.2, 0) is 0 Å². The van der Waals surface area contributed by atoms with Crippen LogP contribution in [0.1, 0.15) is 32.8 Å². The van der Waals surface area contributed by atoms with Gasteiger partial charge in [0.2, 0.25) is 0 Å². The second-order valence-corrected chi connectivity index (χ2v) is 4.46. The van der Waals surface area contributed by atoms with Gasteiger partial charge in [-0.1, -0.05) is 24.6 Å². The Morgan fingerprint density at radius 3 is 2.38 bits per heavy atom. The average Bonchev–Trinajstić information content (AvgIpc) is 2.29. The molecular formula is C14H23NO. The molecule has 1 rings (SSSR count). The van der Waals surface area contributed by atoms with Gasteiger partial charge in [0.1, 0.15) is 11.9 Å². The van der Waals surface area contributed by atoms with Gasteiger partial charge in [0, 0.05) is 12.6 Å². The fraction of sp³-hybridized carbons (Fsp3) is 0.571. The van der Waals surface area contributed by atoms with E-state index in [9.17, 15) is 0 Å².